The first kappa shape index (κ1) is 15.2. The van der Waals surface area contributed by atoms with E-state index in [1.165, 1.54) is 11.3 Å². The summed E-state index contributed by atoms with van der Waals surface area (Å²) in [7, 11) is 0. The van der Waals surface area contributed by atoms with Crippen LogP contribution in [0, 0.1) is 0 Å². The first-order chi connectivity index (χ1) is 11.2. The van der Waals surface area contributed by atoms with E-state index in [0.717, 1.165) is 22.3 Å². The first-order valence-corrected chi connectivity index (χ1v) is 7.95. The van der Waals surface area contributed by atoms with Crippen molar-refractivity contribution in [3.8, 4) is 0 Å². The van der Waals surface area contributed by atoms with Crippen molar-refractivity contribution in [1.29, 1.82) is 0 Å². The van der Waals surface area contributed by atoms with Gasteiger partial charge in [0.2, 0.25) is 11.0 Å². The zero-order valence-corrected chi connectivity index (χ0v) is 13.2. The summed E-state index contributed by atoms with van der Waals surface area (Å²) in [5.74, 6) is -0.670. The standard InChI is InChI=1S/C15H15N5O2S/c1-2-13-19-20-15(23-13)18-12(21)8-16-14(22)11-7-9-5-3-4-6-10(9)17-11/h3-7,17H,2,8H2,1H3,(H,16,22)(H,18,20,21). The Balaban J connectivity index is 1.56. The lowest BCUT2D eigenvalue weighted by atomic mass is 10.2. The van der Waals surface area contributed by atoms with Crippen LogP contribution in [0.15, 0.2) is 30.3 Å². The van der Waals surface area contributed by atoms with Gasteiger partial charge in [-0.3, -0.25) is 14.9 Å². The number of aromatic amines is 1. The third kappa shape index (κ3) is 3.54. The van der Waals surface area contributed by atoms with Crippen molar-refractivity contribution in [3.63, 3.8) is 0 Å². The second-order valence-electron chi connectivity index (χ2n) is 4.86. The van der Waals surface area contributed by atoms with Crippen LogP contribution in [-0.4, -0.2) is 33.5 Å². The van der Waals surface area contributed by atoms with E-state index in [-0.39, 0.29) is 18.4 Å². The summed E-state index contributed by atoms with van der Waals surface area (Å²) >= 11 is 1.32. The number of anilines is 1. The molecule has 0 aliphatic heterocycles. The van der Waals surface area contributed by atoms with Gasteiger partial charge in [0.1, 0.15) is 10.7 Å². The van der Waals surface area contributed by atoms with E-state index in [9.17, 15) is 9.59 Å². The van der Waals surface area contributed by atoms with Gasteiger partial charge in [-0.25, -0.2) is 0 Å². The van der Waals surface area contributed by atoms with Crippen molar-refractivity contribution in [2.75, 3.05) is 11.9 Å². The van der Waals surface area contributed by atoms with Crippen molar-refractivity contribution < 1.29 is 9.59 Å². The van der Waals surface area contributed by atoms with Crippen LogP contribution < -0.4 is 10.6 Å². The molecule has 0 saturated heterocycles. The van der Waals surface area contributed by atoms with Gasteiger partial charge >= 0.3 is 0 Å². The number of fused-ring (bicyclic) bond motifs is 1. The molecule has 0 aliphatic carbocycles. The van der Waals surface area contributed by atoms with Crippen LogP contribution in [0.2, 0.25) is 0 Å². The SMILES string of the molecule is CCc1nnc(NC(=O)CNC(=O)c2cc3ccccc3[nH]2)s1. The third-order valence-electron chi connectivity index (χ3n) is 3.20. The van der Waals surface area contributed by atoms with Gasteiger partial charge in [0, 0.05) is 10.9 Å². The number of H-pyrrole nitrogens is 1. The minimum atomic E-state index is -0.340. The normalized spacial score (nSPS) is 10.7. The van der Waals surface area contributed by atoms with Crippen LogP contribution in [0.1, 0.15) is 22.4 Å². The number of aromatic nitrogens is 3. The summed E-state index contributed by atoms with van der Waals surface area (Å²) in [4.78, 5) is 26.9. The Morgan fingerprint density at radius 3 is 2.83 bits per heavy atom. The molecule has 118 valence electrons. The number of para-hydroxylation sites is 1. The van der Waals surface area contributed by atoms with Crippen LogP contribution in [0.5, 0.6) is 0 Å². The van der Waals surface area contributed by atoms with Crippen LogP contribution in [0.25, 0.3) is 10.9 Å². The zero-order valence-electron chi connectivity index (χ0n) is 12.4. The van der Waals surface area contributed by atoms with Crippen molar-refractivity contribution in [1.82, 2.24) is 20.5 Å². The van der Waals surface area contributed by atoms with Gasteiger partial charge in [0.15, 0.2) is 0 Å². The van der Waals surface area contributed by atoms with Crippen LogP contribution in [0.4, 0.5) is 5.13 Å². The monoisotopic (exact) mass is 329 g/mol. The predicted octanol–water partition coefficient (Wildman–Crippen LogP) is 1.95. The molecule has 3 N–H and O–H groups in total. The Labute approximate surface area is 136 Å². The molecule has 7 nitrogen and oxygen atoms in total. The topological polar surface area (TPSA) is 99.8 Å². The van der Waals surface area contributed by atoms with Crippen LogP contribution in [0.3, 0.4) is 0 Å². The molecular formula is C15H15N5O2S. The molecule has 8 heteroatoms. The average Bonchev–Trinajstić information content (AvgIpc) is 3.18. The molecule has 1 aromatic carbocycles. The Bertz CT molecular complexity index is 821. The van der Waals surface area contributed by atoms with E-state index in [1.807, 2.05) is 31.2 Å². The van der Waals surface area contributed by atoms with Gasteiger partial charge in [-0.15, -0.1) is 10.2 Å². The third-order valence-corrected chi connectivity index (χ3v) is 4.18. The number of hydrogen-bond acceptors (Lipinski definition) is 5. The summed E-state index contributed by atoms with van der Waals surface area (Å²) in [5.41, 5.74) is 1.30. The number of rotatable bonds is 5. The number of carbonyl (C=O) groups is 2. The molecule has 0 saturated carbocycles. The predicted molar refractivity (Wildman–Crippen MR) is 88.5 cm³/mol. The van der Waals surface area contributed by atoms with Gasteiger partial charge < -0.3 is 10.3 Å². The quantitative estimate of drug-likeness (QED) is 0.666. The van der Waals surface area contributed by atoms with Gasteiger partial charge in [0.25, 0.3) is 5.91 Å². The summed E-state index contributed by atoms with van der Waals surface area (Å²) in [6, 6.07) is 9.34. The van der Waals surface area contributed by atoms with Gasteiger partial charge in [0.05, 0.1) is 6.54 Å². The molecule has 0 spiro atoms. The minimum absolute atomic E-state index is 0.130. The number of amides is 2. The number of aryl methyl sites for hydroxylation is 1. The number of nitrogens with one attached hydrogen (secondary N) is 3. The second-order valence-corrected chi connectivity index (χ2v) is 5.92. The molecule has 3 rings (SSSR count). The maximum Gasteiger partial charge on any atom is 0.268 e. The van der Waals surface area contributed by atoms with E-state index in [0.29, 0.717) is 10.8 Å². The second kappa shape index (κ2) is 6.57. The van der Waals surface area contributed by atoms with E-state index < -0.39 is 0 Å². The summed E-state index contributed by atoms with van der Waals surface area (Å²) in [5, 5.41) is 15.2. The van der Waals surface area contributed by atoms with E-state index >= 15 is 0 Å². The molecule has 2 aromatic heterocycles. The molecule has 0 bridgehead atoms. The maximum absolute atomic E-state index is 12.1. The summed E-state index contributed by atoms with van der Waals surface area (Å²) in [6.45, 7) is 1.84. The van der Waals surface area contributed by atoms with Gasteiger partial charge in [-0.1, -0.05) is 36.5 Å². The highest BCUT2D eigenvalue weighted by atomic mass is 32.1. The highest BCUT2D eigenvalue weighted by Gasteiger charge is 2.12. The zero-order chi connectivity index (χ0) is 16.2. The number of hydrogen-bond donors (Lipinski definition) is 3. The number of benzene rings is 1. The molecule has 0 unspecified atom stereocenters. The van der Waals surface area contributed by atoms with Crippen molar-refractivity contribution >= 4 is 39.2 Å². The molecule has 3 aromatic rings. The Kier molecular flexibility index (Phi) is 4.33. The Hall–Kier alpha value is -2.74. The van der Waals surface area contributed by atoms with Gasteiger partial charge in [-0.05, 0) is 18.6 Å². The molecule has 2 amide bonds. The molecule has 0 atom stereocenters. The Morgan fingerprint density at radius 2 is 2.09 bits per heavy atom. The lowest BCUT2D eigenvalue weighted by Gasteiger charge is -2.03. The average molecular weight is 329 g/mol. The maximum atomic E-state index is 12.1. The summed E-state index contributed by atoms with van der Waals surface area (Å²) < 4.78 is 0. The Morgan fingerprint density at radius 1 is 1.26 bits per heavy atom. The largest absolute Gasteiger partial charge is 0.351 e. The van der Waals surface area contributed by atoms with Crippen LogP contribution >= 0.6 is 11.3 Å². The molecule has 0 fully saturated rings. The number of carbonyl (C=O) groups excluding carboxylic acids is 2. The highest BCUT2D eigenvalue weighted by Crippen LogP contribution is 2.15. The molecule has 0 aliphatic rings. The van der Waals surface area contributed by atoms with Crippen LogP contribution in [-0.2, 0) is 11.2 Å². The molecule has 0 radical (unpaired) electrons. The molecule has 2 heterocycles. The van der Waals surface area contributed by atoms with Crippen molar-refractivity contribution in [2.24, 2.45) is 0 Å². The minimum Gasteiger partial charge on any atom is -0.351 e. The highest BCUT2D eigenvalue weighted by molar-refractivity contribution is 7.15. The van der Waals surface area contributed by atoms with Crippen molar-refractivity contribution in [3.05, 3.63) is 41.0 Å². The fourth-order valence-electron chi connectivity index (χ4n) is 2.06. The van der Waals surface area contributed by atoms with E-state index in [2.05, 4.69) is 25.8 Å². The smallest absolute Gasteiger partial charge is 0.268 e. The van der Waals surface area contributed by atoms with E-state index in [1.54, 1.807) is 6.07 Å². The summed E-state index contributed by atoms with van der Waals surface area (Å²) in [6.07, 6.45) is 0.769. The fourth-order valence-corrected chi connectivity index (χ4v) is 2.76. The lowest BCUT2D eigenvalue weighted by molar-refractivity contribution is -0.115. The lowest BCUT2D eigenvalue weighted by Crippen LogP contribution is -2.33. The first-order valence-electron chi connectivity index (χ1n) is 7.14. The van der Waals surface area contributed by atoms with Crippen molar-refractivity contribution in [2.45, 2.75) is 13.3 Å². The number of nitrogens with zero attached hydrogens (tertiary/aromatic N) is 2. The van der Waals surface area contributed by atoms with E-state index in [4.69, 9.17) is 0 Å². The molecular weight excluding hydrogens is 314 g/mol. The molecule has 23 heavy (non-hydrogen) atoms. The fraction of sp³-hybridized carbons (Fsp3) is 0.200. The van der Waals surface area contributed by atoms with Gasteiger partial charge in [-0.2, -0.15) is 0 Å².